The van der Waals surface area contributed by atoms with Crippen molar-refractivity contribution in [1.29, 1.82) is 0 Å². The molecule has 2 aromatic rings. The van der Waals surface area contributed by atoms with Crippen LogP contribution >= 0.6 is 11.6 Å². The number of carbonyl (C=O) groups is 2. The highest BCUT2D eigenvalue weighted by Crippen LogP contribution is 2.41. The molecule has 1 heterocycles. The third kappa shape index (κ3) is 6.93. The highest BCUT2D eigenvalue weighted by atomic mass is 35.5. The third-order valence-electron chi connectivity index (χ3n) is 4.92. The average molecular weight is 529 g/mol. The summed E-state index contributed by atoms with van der Waals surface area (Å²) in [7, 11) is 0. The van der Waals surface area contributed by atoms with Gasteiger partial charge in [-0.15, -0.1) is 13.2 Å². The fourth-order valence-electron chi connectivity index (χ4n) is 3.32. The first-order valence-electron chi connectivity index (χ1n) is 9.87. The molecular weight excluding hydrogens is 513 g/mol. The number of halogens is 8. The Morgan fingerprint density at radius 3 is 2.09 bits per heavy atom. The van der Waals surface area contributed by atoms with E-state index in [0.29, 0.717) is 4.90 Å². The molecule has 1 aromatic carbocycles. The minimum Gasteiger partial charge on any atom is -0.406 e. The van der Waals surface area contributed by atoms with Crippen LogP contribution < -0.4 is 15.0 Å². The summed E-state index contributed by atoms with van der Waals surface area (Å²) in [4.78, 5) is 33.6. The zero-order valence-corrected chi connectivity index (χ0v) is 18.1. The van der Waals surface area contributed by atoms with E-state index in [0.717, 1.165) is 43.0 Å². The van der Waals surface area contributed by atoms with E-state index >= 15 is 0 Å². The van der Waals surface area contributed by atoms with Gasteiger partial charge in [0.25, 0.3) is 11.5 Å². The summed E-state index contributed by atoms with van der Waals surface area (Å²) in [5.41, 5.74) is -3.31. The summed E-state index contributed by atoms with van der Waals surface area (Å²) in [5, 5.41) is 1.85. The normalized spacial score (nSPS) is 16.7. The number of amides is 2. The molecule has 190 valence electrons. The van der Waals surface area contributed by atoms with Gasteiger partial charge in [0, 0.05) is 23.6 Å². The molecule has 15 heteroatoms. The van der Waals surface area contributed by atoms with Crippen molar-refractivity contribution in [3.8, 4) is 5.75 Å². The monoisotopic (exact) mass is 528 g/mol. The van der Waals surface area contributed by atoms with E-state index < -0.39 is 53.7 Å². The van der Waals surface area contributed by atoms with Gasteiger partial charge in [-0.25, -0.2) is 14.4 Å². The number of anilines is 1. The maximum absolute atomic E-state index is 13.9. The first-order chi connectivity index (χ1) is 16.3. The van der Waals surface area contributed by atoms with Gasteiger partial charge in [-0.3, -0.25) is 14.5 Å². The minimum atomic E-state index is -5.03. The number of hydrogen-bond donors (Lipinski definition) is 1. The van der Waals surface area contributed by atoms with Crippen LogP contribution in [0.15, 0.2) is 43.0 Å². The molecule has 35 heavy (non-hydrogen) atoms. The Kier molecular flexibility index (Phi) is 7.72. The van der Waals surface area contributed by atoms with Crippen LogP contribution in [0, 0.1) is 5.92 Å². The van der Waals surface area contributed by atoms with Gasteiger partial charge in [-0.05, 0) is 43.0 Å². The molecule has 3 atom stereocenters. The molecule has 1 aliphatic rings. The fraction of sp³-hybridized carbons (Fsp3) is 0.400. The highest BCUT2D eigenvalue weighted by Gasteiger charge is 2.51. The second kappa shape index (κ2) is 10.2. The Morgan fingerprint density at radius 1 is 1.06 bits per heavy atom. The summed E-state index contributed by atoms with van der Waals surface area (Å²) in [6.45, 7) is 0. The number of nitrogens with zero attached hydrogens (tertiary/aromatic N) is 3. The molecule has 0 saturated heterocycles. The van der Waals surface area contributed by atoms with E-state index in [9.17, 15) is 40.3 Å². The van der Waals surface area contributed by atoms with Gasteiger partial charge in [0.05, 0.1) is 0 Å². The summed E-state index contributed by atoms with van der Waals surface area (Å²) in [5.74, 6) is -4.49. The zero-order valence-electron chi connectivity index (χ0n) is 17.4. The molecule has 1 fully saturated rings. The van der Waals surface area contributed by atoms with Gasteiger partial charge in [0.15, 0.2) is 0 Å². The molecule has 2 unspecified atom stereocenters. The van der Waals surface area contributed by atoms with Crippen molar-refractivity contribution in [1.82, 2.24) is 15.3 Å². The molecule has 0 bridgehead atoms. The number of hydrogen-bond acceptors (Lipinski definition) is 5. The predicted octanol–water partition coefficient (Wildman–Crippen LogP) is 4.44. The molecule has 2 amide bonds. The van der Waals surface area contributed by atoms with E-state index in [-0.39, 0.29) is 24.1 Å². The summed E-state index contributed by atoms with van der Waals surface area (Å²) in [6, 6.07) is -0.889. The van der Waals surface area contributed by atoms with Crippen LogP contribution in [-0.4, -0.2) is 46.0 Å². The van der Waals surface area contributed by atoms with Crippen molar-refractivity contribution in [2.45, 2.75) is 43.1 Å². The van der Waals surface area contributed by atoms with Crippen molar-refractivity contribution in [3.63, 3.8) is 0 Å². The molecular formula is C20H16ClF7N4O3. The molecule has 0 radical (unpaired) electrons. The quantitative estimate of drug-likeness (QED) is 0.404. The van der Waals surface area contributed by atoms with E-state index in [2.05, 4.69) is 14.7 Å². The SMILES string of the molecule is O=C(NC(C1CC1)C(F)(F)F)C(c1cncnc1)N(C(=O)[C@H](F)Cl)c1ccc(OC(F)(F)F)cc1. The number of rotatable bonds is 8. The van der Waals surface area contributed by atoms with Crippen LogP contribution in [0.5, 0.6) is 5.75 Å². The van der Waals surface area contributed by atoms with E-state index in [1.54, 1.807) is 0 Å². The Morgan fingerprint density at radius 2 is 1.63 bits per heavy atom. The first-order valence-corrected chi connectivity index (χ1v) is 10.3. The van der Waals surface area contributed by atoms with Crippen LogP contribution in [0.2, 0.25) is 0 Å². The Labute approximate surface area is 198 Å². The standard InChI is InChI=1S/C20H16ClF7N4O3/c21-16(22)18(34)32(12-3-5-13(6-4-12)35-20(26,27)28)14(11-7-29-9-30-8-11)17(33)31-15(10-1-2-10)19(23,24)25/h3-10,14-16H,1-2H2,(H,31,33)/t14?,15?,16-/m0/s1. The van der Waals surface area contributed by atoms with Gasteiger partial charge in [-0.1, -0.05) is 11.6 Å². The van der Waals surface area contributed by atoms with Crippen molar-refractivity contribution in [3.05, 3.63) is 48.5 Å². The molecule has 1 N–H and O–H groups in total. The number of alkyl halides is 8. The Bertz CT molecular complexity index is 1030. The van der Waals surface area contributed by atoms with Gasteiger partial charge >= 0.3 is 12.5 Å². The second-order valence-electron chi connectivity index (χ2n) is 7.49. The maximum Gasteiger partial charge on any atom is 0.573 e. The number of carbonyl (C=O) groups excluding carboxylic acids is 2. The van der Waals surface area contributed by atoms with E-state index in [1.165, 1.54) is 0 Å². The molecule has 0 spiro atoms. The molecule has 3 rings (SSSR count). The van der Waals surface area contributed by atoms with Crippen molar-refractivity contribution >= 4 is 29.1 Å². The molecule has 1 aliphatic carbocycles. The van der Waals surface area contributed by atoms with Crippen LogP contribution in [-0.2, 0) is 9.59 Å². The lowest BCUT2D eigenvalue weighted by atomic mass is 10.0. The fourth-order valence-corrected chi connectivity index (χ4v) is 3.42. The van der Waals surface area contributed by atoms with Crippen molar-refractivity contribution < 1.29 is 45.1 Å². The predicted molar refractivity (Wildman–Crippen MR) is 107 cm³/mol. The number of aromatic nitrogens is 2. The first kappa shape index (κ1) is 26.4. The van der Waals surface area contributed by atoms with Crippen molar-refractivity contribution in [2.75, 3.05) is 4.90 Å². The Balaban J connectivity index is 2.04. The van der Waals surface area contributed by atoms with Crippen LogP contribution in [0.3, 0.4) is 0 Å². The van der Waals surface area contributed by atoms with E-state index in [1.807, 2.05) is 5.32 Å². The van der Waals surface area contributed by atoms with Gasteiger partial charge < -0.3 is 10.1 Å². The topological polar surface area (TPSA) is 84.4 Å². The summed E-state index contributed by atoms with van der Waals surface area (Å²) in [6.07, 6.45) is -6.36. The smallest absolute Gasteiger partial charge is 0.406 e. The second-order valence-corrected chi connectivity index (χ2v) is 7.87. The number of nitrogens with one attached hydrogen (secondary N) is 1. The Hall–Kier alpha value is -3.16. The molecule has 0 aliphatic heterocycles. The lowest BCUT2D eigenvalue weighted by Crippen LogP contribution is -2.52. The molecule has 7 nitrogen and oxygen atoms in total. The zero-order chi connectivity index (χ0) is 26.0. The molecule has 1 aromatic heterocycles. The average Bonchev–Trinajstić information content (AvgIpc) is 3.59. The highest BCUT2D eigenvalue weighted by molar-refractivity contribution is 6.32. The maximum atomic E-state index is 13.9. The van der Waals surface area contributed by atoms with Crippen molar-refractivity contribution in [2.24, 2.45) is 5.92 Å². The van der Waals surface area contributed by atoms with Crippen LogP contribution in [0.4, 0.5) is 36.4 Å². The van der Waals surface area contributed by atoms with Gasteiger partial charge in [0.2, 0.25) is 5.91 Å². The van der Waals surface area contributed by atoms with Gasteiger partial charge in [-0.2, -0.15) is 13.2 Å². The summed E-state index contributed by atoms with van der Waals surface area (Å²) < 4.78 is 95.6. The third-order valence-corrected chi connectivity index (χ3v) is 5.11. The van der Waals surface area contributed by atoms with Crippen LogP contribution in [0.1, 0.15) is 24.4 Å². The summed E-state index contributed by atoms with van der Waals surface area (Å²) >= 11 is 5.29. The minimum absolute atomic E-state index is 0.206. The molecule has 1 saturated carbocycles. The lowest BCUT2D eigenvalue weighted by molar-refractivity contribution is -0.274. The number of benzene rings is 1. The van der Waals surface area contributed by atoms with Crippen LogP contribution in [0.25, 0.3) is 0 Å². The largest absolute Gasteiger partial charge is 0.573 e. The lowest BCUT2D eigenvalue weighted by Gasteiger charge is -2.33. The van der Waals surface area contributed by atoms with E-state index in [4.69, 9.17) is 11.6 Å². The van der Waals surface area contributed by atoms with Gasteiger partial charge in [0.1, 0.15) is 24.2 Å². The number of ether oxygens (including phenoxy) is 1.